The van der Waals surface area contributed by atoms with Gasteiger partial charge in [0.25, 0.3) is 0 Å². The molecule has 160 valence electrons. The third kappa shape index (κ3) is 3.60. The molecule has 3 heteroatoms. The van der Waals surface area contributed by atoms with Crippen molar-refractivity contribution < 1.29 is 4.39 Å². The Kier molecular flexibility index (Phi) is 5.22. The number of hydrogen-bond donors (Lipinski definition) is 1. The Balaban J connectivity index is 1.36. The zero-order valence-electron chi connectivity index (χ0n) is 18.1. The second-order valence-corrected chi connectivity index (χ2v) is 11.1. The van der Waals surface area contributed by atoms with Crippen molar-refractivity contribution in [3.05, 3.63) is 70.5 Å². The van der Waals surface area contributed by atoms with Gasteiger partial charge in [-0.25, -0.2) is 4.39 Å². The highest BCUT2D eigenvalue weighted by molar-refractivity contribution is 6.30. The van der Waals surface area contributed by atoms with Crippen molar-refractivity contribution >= 4 is 11.6 Å². The molecule has 2 aromatic carbocycles. The van der Waals surface area contributed by atoms with Crippen LogP contribution in [0, 0.1) is 23.1 Å². The molecule has 4 fully saturated rings. The summed E-state index contributed by atoms with van der Waals surface area (Å²) < 4.78 is 14.1. The molecule has 6 rings (SSSR count). The summed E-state index contributed by atoms with van der Waals surface area (Å²) >= 11 is 6.20. The van der Waals surface area contributed by atoms with Gasteiger partial charge in [-0.1, -0.05) is 41.9 Å². The molecule has 4 aliphatic rings. The van der Waals surface area contributed by atoms with E-state index in [0.29, 0.717) is 16.9 Å². The standard InChI is InChI=1S/C27H33ClFN/c1-18(11-22-5-3-4-6-25(22)29)30-19(2)26-13-20-12-21(14-26)16-27(15-20,17-26)23-7-9-24(28)10-8-23/h3-10,18-21,30H,11-17H2,1-2H3/t18-,19-,20-,21+,26?,27?/m0/s1. The number of benzene rings is 2. The van der Waals surface area contributed by atoms with Crippen LogP contribution in [0.15, 0.2) is 48.5 Å². The van der Waals surface area contributed by atoms with Crippen LogP contribution >= 0.6 is 11.6 Å². The molecule has 6 atom stereocenters. The van der Waals surface area contributed by atoms with Crippen LogP contribution in [0.2, 0.25) is 5.02 Å². The van der Waals surface area contributed by atoms with Crippen LogP contribution < -0.4 is 5.32 Å². The van der Waals surface area contributed by atoms with Gasteiger partial charge in [-0.15, -0.1) is 0 Å². The summed E-state index contributed by atoms with van der Waals surface area (Å²) in [5.74, 6) is 1.59. The molecular weight excluding hydrogens is 393 g/mol. The Bertz CT molecular complexity index is 893. The van der Waals surface area contributed by atoms with Gasteiger partial charge in [0.15, 0.2) is 0 Å². The fraction of sp³-hybridized carbons (Fsp3) is 0.556. The van der Waals surface area contributed by atoms with E-state index in [1.807, 2.05) is 12.1 Å². The van der Waals surface area contributed by atoms with E-state index < -0.39 is 0 Å². The summed E-state index contributed by atoms with van der Waals surface area (Å²) in [6, 6.07) is 16.6. The summed E-state index contributed by atoms with van der Waals surface area (Å²) in [4.78, 5) is 0. The molecular formula is C27H33ClFN. The normalized spacial score (nSPS) is 34.1. The van der Waals surface area contributed by atoms with Crippen LogP contribution in [-0.2, 0) is 11.8 Å². The molecule has 4 bridgehead atoms. The molecule has 4 aliphatic carbocycles. The Morgan fingerprint density at radius 1 is 1.00 bits per heavy atom. The number of hydrogen-bond acceptors (Lipinski definition) is 1. The van der Waals surface area contributed by atoms with Crippen LogP contribution in [0.1, 0.15) is 63.5 Å². The molecule has 0 radical (unpaired) electrons. The zero-order valence-corrected chi connectivity index (χ0v) is 18.9. The molecule has 0 saturated heterocycles. The molecule has 2 aromatic rings. The van der Waals surface area contributed by atoms with E-state index in [1.54, 1.807) is 12.1 Å². The first-order valence-electron chi connectivity index (χ1n) is 11.6. The van der Waals surface area contributed by atoms with Crippen molar-refractivity contribution in [3.63, 3.8) is 0 Å². The van der Waals surface area contributed by atoms with Gasteiger partial charge in [-0.05, 0) is 111 Å². The molecule has 30 heavy (non-hydrogen) atoms. The van der Waals surface area contributed by atoms with Gasteiger partial charge in [0.2, 0.25) is 0 Å². The van der Waals surface area contributed by atoms with Crippen LogP contribution in [0.25, 0.3) is 0 Å². The van der Waals surface area contributed by atoms with E-state index >= 15 is 0 Å². The second kappa shape index (κ2) is 7.64. The minimum atomic E-state index is -0.0877. The average molecular weight is 426 g/mol. The Labute approximate surface area is 185 Å². The van der Waals surface area contributed by atoms with E-state index in [-0.39, 0.29) is 11.9 Å². The highest BCUT2D eigenvalue weighted by atomic mass is 35.5. The number of nitrogens with one attached hydrogen (secondary N) is 1. The van der Waals surface area contributed by atoms with E-state index in [4.69, 9.17) is 11.6 Å². The molecule has 0 heterocycles. The summed E-state index contributed by atoms with van der Waals surface area (Å²) in [6.07, 6.45) is 8.79. The SMILES string of the molecule is C[C@H](N[C@@H](C)Cc1ccccc1F)C12C[C@@H]3C[C@@H](CC(c4ccc(Cl)cc4)(C3)C1)C2. The first-order valence-corrected chi connectivity index (χ1v) is 12.0. The van der Waals surface area contributed by atoms with E-state index in [2.05, 4.69) is 43.4 Å². The predicted octanol–water partition coefficient (Wildman–Crippen LogP) is 6.93. The quantitative estimate of drug-likeness (QED) is 0.529. The van der Waals surface area contributed by atoms with Crippen molar-refractivity contribution in [2.45, 2.75) is 76.3 Å². The number of rotatable bonds is 6. The molecule has 1 N–H and O–H groups in total. The van der Waals surface area contributed by atoms with Gasteiger partial charge in [0.05, 0.1) is 0 Å². The van der Waals surface area contributed by atoms with E-state index in [1.165, 1.54) is 44.1 Å². The minimum Gasteiger partial charge on any atom is -0.311 e. The van der Waals surface area contributed by atoms with Gasteiger partial charge in [-0.2, -0.15) is 0 Å². The van der Waals surface area contributed by atoms with Gasteiger partial charge in [0, 0.05) is 17.1 Å². The monoisotopic (exact) mass is 425 g/mol. The molecule has 1 nitrogen and oxygen atoms in total. The lowest BCUT2D eigenvalue weighted by Crippen LogP contribution is -2.60. The largest absolute Gasteiger partial charge is 0.311 e. The minimum absolute atomic E-state index is 0.0877. The predicted molar refractivity (Wildman–Crippen MR) is 122 cm³/mol. The lowest BCUT2D eigenvalue weighted by atomic mass is 9.41. The summed E-state index contributed by atoms with van der Waals surface area (Å²) in [5.41, 5.74) is 2.98. The van der Waals surface area contributed by atoms with Gasteiger partial charge < -0.3 is 5.32 Å². The van der Waals surface area contributed by atoms with Crippen molar-refractivity contribution in [2.24, 2.45) is 17.3 Å². The Morgan fingerprint density at radius 3 is 2.33 bits per heavy atom. The van der Waals surface area contributed by atoms with Gasteiger partial charge in [-0.3, -0.25) is 0 Å². The lowest BCUT2D eigenvalue weighted by molar-refractivity contribution is -0.0893. The maximum Gasteiger partial charge on any atom is 0.126 e. The fourth-order valence-electron chi connectivity index (χ4n) is 7.64. The summed E-state index contributed by atoms with van der Waals surface area (Å²) in [5, 5.41) is 4.73. The first-order chi connectivity index (χ1) is 14.4. The molecule has 2 unspecified atom stereocenters. The van der Waals surface area contributed by atoms with Crippen molar-refractivity contribution in [2.75, 3.05) is 0 Å². The third-order valence-electron chi connectivity index (χ3n) is 8.50. The van der Waals surface area contributed by atoms with Crippen LogP contribution in [-0.4, -0.2) is 12.1 Å². The third-order valence-corrected chi connectivity index (χ3v) is 8.75. The van der Waals surface area contributed by atoms with Crippen LogP contribution in [0.5, 0.6) is 0 Å². The second-order valence-electron chi connectivity index (χ2n) is 10.7. The topological polar surface area (TPSA) is 12.0 Å². The molecule has 0 aromatic heterocycles. The maximum absolute atomic E-state index is 14.1. The maximum atomic E-state index is 14.1. The van der Waals surface area contributed by atoms with Crippen molar-refractivity contribution in [3.8, 4) is 0 Å². The molecule has 0 amide bonds. The number of halogens is 2. The Hall–Kier alpha value is -1.38. The van der Waals surface area contributed by atoms with Crippen LogP contribution in [0.3, 0.4) is 0 Å². The lowest BCUT2D eigenvalue weighted by Gasteiger charge is -2.64. The summed E-state index contributed by atoms with van der Waals surface area (Å²) in [7, 11) is 0. The average Bonchev–Trinajstić information content (AvgIpc) is 2.69. The smallest absolute Gasteiger partial charge is 0.126 e. The Morgan fingerprint density at radius 2 is 1.67 bits per heavy atom. The van der Waals surface area contributed by atoms with Crippen molar-refractivity contribution in [1.82, 2.24) is 5.32 Å². The van der Waals surface area contributed by atoms with Crippen LogP contribution in [0.4, 0.5) is 4.39 Å². The van der Waals surface area contributed by atoms with Gasteiger partial charge in [0.1, 0.15) is 5.82 Å². The van der Waals surface area contributed by atoms with Crippen molar-refractivity contribution in [1.29, 1.82) is 0 Å². The van der Waals surface area contributed by atoms with E-state index in [9.17, 15) is 4.39 Å². The van der Waals surface area contributed by atoms with E-state index in [0.717, 1.165) is 28.8 Å². The first kappa shape index (κ1) is 20.5. The fourth-order valence-corrected chi connectivity index (χ4v) is 7.76. The summed E-state index contributed by atoms with van der Waals surface area (Å²) in [6.45, 7) is 4.60. The molecule has 0 spiro atoms. The molecule has 0 aliphatic heterocycles. The highest BCUT2D eigenvalue weighted by Crippen LogP contribution is 2.66. The molecule has 4 saturated carbocycles. The zero-order chi connectivity index (χ0) is 20.9. The highest BCUT2D eigenvalue weighted by Gasteiger charge is 2.59. The van der Waals surface area contributed by atoms with Gasteiger partial charge >= 0.3 is 0 Å².